The van der Waals surface area contributed by atoms with Gasteiger partial charge >= 0.3 is 0 Å². The fraction of sp³-hybridized carbons (Fsp3) is 0.438. The van der Waals surface area contributed by atoms with Crippen molar-refractivity contribution in [3.63, 3.8) is 0 Å². The average Bonchev–Trinajstić information content (AvgIpc) is 3.02. The molecule has 2 heterocycles. The van der Waals surface area contributed by atoms with Crippen LogP contribution in [0.15, 0.2) is 33.9 Å². The minimum absolute atomic E-state index is 0.153. The van der Waals surface area contributed by atoms with Crippen LogP contribution in [0.1, 0.15) is 24.8 Å². The lowest BCUT2D eigenvalue weighted by atomic mass is 10.1. The van der Waals surface area contributed by atoms with Crippen LogP contribution in [0.2, 0.25) is 0 Å². The van der Waals surface area contributed by atoms with Crippen molar-refractivity contribution in [3.05, 3.63) is 29.8 Å². The van der Waals surface area contributed by atoms with Crippen molar-refractivity contribution in [2.45, 2.75) is 31.4 Å². The molecule has 116 valence electrons. The Morgan fingerprint density at radius 2 is 2.09 bits per heavy atom. The van der Waals surface area contributed by atoms with E-state index >= 15 is 0 Å². The lowest BCUT2D eigenvalue weighted by Crippen LogP contribution is -2.36. The fourth-order valence-electron chi connectivity index (χ4n) is 2.52. The Morgan fingerprint density at radius 3 is 2.86 bits per heavy atom. The maximum Gasteiger partial charge on any atom is 0.277 e. The van der Waals surface area contributed by atoms with E-state index in [-0.39, 0.29) is 5.91 Å². The first-order valence-electron chi connectivity index (χ1n) is 7.53. The number of hydrogen-bond acceptors (Lipinski definition) is 5. The first kappa shape index (κ1) is 15.1. The Kier molecular flexibility index (Phi) is 4.77. The number of thioether (sulfide) groups is 1. The van der Waals surface area contributed by atoms with Gasteiger partial charge in [-0.3, -0.25) is 4.79 Å². The number of carbonyl (C=O) groups is 1. The number of likely N-dealkylation sites (tertiary alicyclic amines) is 1. The highest BCUT2D eigenvalue weighted by atomic mass is 32.2. The quantitative estimate of drug-likeness (QED) is 0.811. The van der Waals surface area contributed by atoms with Gasteiger partial charge in [-0.05, 0) is 38.3 Å². The highest BCUT2D eigenvalue weighted by Gasteiger charge is 2.18. The van der Waals surface area contributed by atoms with Crippen LogP contribution in [-0.4, -0.2) is 39.8 Å². The molecule has 0 radical (unpaired) electrons. The number of piperidine rings is 1. The number of carbonyl (C=O) groups excluding carboxylic acids is 1. The summed E-state index contributed by atoms with van der Waals surface area (Å²) in [5.74, 6) is 1.01. The summed E-state index contributed by atoms with van der Waals surface area (Å²) in [7, 11) is 0. The molecule has 3 rings (SSSR count). The molecule has 0 aliphatic carbocycles. The highest BCUT2D eigenvalue weighted by molar-refractivity contribution is 7.99. The Balaban J connectivity index is 1.59. The molecule has 22 heavy (non-hydrogen) atoms. The van der Waals surface area contributed by atoms with Crippen LogP contribution in [0.5, 0.6) is 0 Å². The minimum Gasteiger partial charge on any atom is -0.411 e. The average molecular weight is 317 g/mol. The third-order valence-electron chi connectivity index (χ3n) is 3.70. The minimum atomic E-state index is 0.153. The SMILES string of the molecule is Cc1cccc(-c2nnc(SCC(=O)N3CCCCC3)o2)c1. The molecular formula is C16H19N3O2S. The molecule has 1 amide bonds. The molecule has 5 nitrogen and oxygen atoms in total. The molecular weight excluding hydrogens is 298 g/mol. The Morgan fingerprint density at radius 1 is 1.27 bits per heavy atom. The number of aromatic nitrogens is 2. The second-order valence-electron chi connectivity index (χ2n) is 5.47. The van der Waals surface area contributed by atoms with Gasteiger partial charge in [0.2, 0.25) is 11.8 Å². The second kappa shape index (κ2) is 6.96. The van der Waals surface area contributed by atoms with E-state index in [0.717, 1.165) is 37.1 Å². The van der Waals surface area contributed by atoms with Crippen LogP contribution in [0.4, 0.5) is 0 Å². The summed E-state index contributed by atoms with van der Waals surface area (Å²) < 4.78 is 5.63. The molecule has 1 aromatic carbocycles. The van der Waals surface area contributed by atoms with Crippen LogP contribution < -0.4 is 0 Å². The van der Waals surface area contributed by atoms with Gasteiger partial charge in [0, 0.05) is 18.7 Å². The van der Waals surface area contributed by atoms with E-state index in [1.54, 1.807) is 0 Å². The Hall–Kier alpha value is -1.82. The Labute approximate surface area is 134 Å². The molecule has 0 spiro atoms. The zero-order chi connectivity index (χ0) is 15.4. The van der Waals surface area contributed by atoms with Crippen molar-refractivity contribution in [3.8, 4) is 11.5 Å². The van der Waals surface area contributed by atoms with Gasteiger partial charge in [0.1, 0.15) is 0 Å². The van der Waals surface area contributed by atoms with Gasteiger partial charge in [-0.1, -0.05) is 29.5 Å². The molecule has 0 unspecified atom stereocenters. The summed E-state index contributed by atoms with van der Waals surface area (Å²) in [5, 5.41) is 8.52. The summed E-state index contributed by atoms with van der Waals surface area (Å²) in [6.07, 6.45) is 3.43. The van der Waals surface area contributed by atoms with Gasteiger partial charge in [-0.2, -0.15) is 0 Å². The van der Waals surface area contributed by atoms with Gasteiger partial charge in [-0.25, -0.2) is 0 Å². The topological polar surface area (TPSA) is 59.2 Å². The normalized spacial score (nSPS) is 15.0. The Bertz CT molecular complexity index is 650. The van der Waals surface area contributed by atoms with Gasteiger partial charge in [0.15, 0.2) is 0 Å². The standard InChI is InChI=1S/C16H19N3O2S/c1-12-6-5-7-13(10-12)15-17-18-16(21-15)22-11-14(20)19-8-3-2-4-9-19/h5-7,10H,2-4,8-9,11H2,1H3. The number of nitrogens with zero attached hydrogens (tertiary/aromatic N) is 3. The smallest absolute Gasteiger partial charge is 0.277 e. The van der Waals surface area contributed by atoms with Crippen LogP contribution >= 0.6 is 11.8 Å². The molecule has 0 saturated carbocycles. The lowest BCUT2D eigenvalue weighted by Gasteiger charge is -2.26. The van der Waals surface area contributed by atoms with Crippen molar-refractivity contribution in [2.75, 3.05) is 18.8 Å². The molecule has 1 fully saturated rings. The van der Waals surface area contributed by atoms with Crippen LogP contribution in [0.25, 0.3) is 11.5 Å². The van der Waals surface area contributed by atoms with Crippen molar-refractivity contribution < 1.29 is 9.21 Å². The molecule has 1 saturated heterocycles. The number of hydrogen-bond donors (Lipinski definition) is 0. The first-order chi connectivity index (χ1) is 10.7. The molecule has 6 heteroatoms. The van der Waals surface area contributed by atoms with Crippen molar-refractivity contribution in [1.82, 2.24) is 15.1 Å². The number of amides is 1. The third kappa shape index (κ3) is 3.68. The molecule has 2 aromatic rings. The van der Waals surface area contributed by atoms with Crippen molar-refractivity contribution >= 4 is 17.7 Å². The van der Waals surface area contributed by atoms with E-state index in [1.807, 2.05) is 36.1 Å². The maximum atomic E-state index is 12.1. The van der Waals surface area contributed by atoms with Gasteiger partial charge < -0.3 is 9.32 Å². The molecule has 0 N–H and O–H groups in total. The predicted octanol–water partition coefficient (Wildman–Crippen LogP) is 3.15. The van der Waals surface area contributed by atoms with Crippen LogP contribution in [0.3, 0.4) is 0 Å². The maximum absolute atomic E-state index is 12.1. The summed E-state index contributed by atoms with van der Waals surface area (Å²) >= 11 is 1.31. The van der Waals surface area contributed by atoms with E-state index in [9.17, 15) is 4.79 Å². The van der Waals surface area contributed by atoms with E-state index in [0.29, 0.717) is 16.9 Å². The van der Waals surface area contributed by atoms with Gasteiger partial charge in [-0.15, -0.1) is 10.2 Å². The number of benzene rings is 1. The fourth-order valence-corrected chi connectivity index (χ4v) is 3.19. The molecule has 1 aromatic heterocycles. The third-order valence-corrected chi connectivity index (χ3v) is 4.50. The monoisotopic (exact) mass is 317 g/mol. The zero-order valence-corrected chi connectivity index (χ0v) is 13.4. The van der Waals surface area contributed by atoms with E-state index in [4.69, 9.17) is 4.42 Å². The van der Waals surface area contributed by atoms with E-state index in [2.05, 4.69) is 10.2 Å². The lowest BCUT2D eigenvalue weighted by molar-refractivity contribution is -0.129. The zero-order valence-electron chi connectivity index (χ0n) is 12.6. The predicted molar refractivity (Wildman–Crippen MR) is 85.6 cm³/mol. The van der Waals surface area contributed by atoms with Crippen LogP contribution in [-0.2, 0) is 4.79 Å². The van der Waals surface area contributed by atoms with Crippen molar-refractivity contribution in [1.29, 1.82) is 0 Å². The van der Waals surface area contributed by atoms with E-state index < -0.39 is 0 Å². The van der Waals surface area contributed by atoms with Gasteiger partial charge in [0.05, 0.1) is 5.75 Å². The molecule has 1 aliphatic rings. The molecule has 0 bridgehead atoms. The summed E-state index contributed by atoms with van der Waals surface area (Å²) in [6.45, 7) is 3.77. The summed E-state index contributed by atoms with van der Waals surface area (Å²) in [5.41, 5.74) is 2.05. The highest BCUT2D eigenvalue weighted by Crippen LogP contribution is 2.24. The van der Waals surface area contributed by atoms with E-state index in [1.165, 1.54) is 18.2 Å². The molecule has 0 atom stereocenters. The number of rotatable bonds is 4. The summed E-state index contributed by atoms with van der Waals surface area (Å²) in [6, 6.07) is 7.92. The van der Waals surface area contributed by atoms with Crippen LogP contribution in [0, 0.1) is 6.92 Å². The van der Waals surface area contributed by atoms with Crippen molar-refractivity contribution in [2.24, 2.45) is 0 Å². The largest absolute Gasteiger partial charge is 0.411 e. The summed E-state index contributed by atoms with van der Waals surface area (Å²) in [4.78, 5) is 14.0. The number of aryl methyl sites for hydroxylation is 1. The first-order valence-corrected chi connectivity index (χ1v) is 8.52. The van der Waals surface area contributed by atoms with Gasteiger partial charge in [0.25, 0.3) is 5.22 Å². The molecule has 1 aliphatic heterocycles. The second-order valence-corrected chi connectivity index (χ2v) is 6.40.